The third-order valence-corrected chi connectivity index (χ3v) is 5.33. The number of methoxy groups -OCH3 is 1. The van der Waals surface area contributed by atoms with E-state index in [2.05, 4.69) is 16.7 Å². The van der Waals surface area contributed by atoms with E-state index in [4.69, 9.17) is 9.72 Å². The van der Waals surface area contributed by atoms with Gasteiger partial charge in [-0.15, -0.1) is 0 Å². The van der Waals surface area contributed by atoms with E-state index in [1.807, 2.05) is 56.3 Å². The van der Waals surface area contributed by atoms with Gasteiger partial charge in [-0.1, -0.05) is 18.2 Å². The van der Waals surface area contributed by atoms with E-state index in [1.54, 1.807) is 12.0 Å². The summed E-state index contributed by atoms with van der Waals surface area (Å²) in [5.41, 5.74) is 0.322. The van der Waals surface area contributed by atoms with Gasteiger partial charge in [0.15, 0.2) is 5.66 Å². The second kappa shape index (κ2) is 8.72. The molecule has 30 heavy (non-hydrogen) atoms. The third-order valence-electron chi connectivity index (χ3n) is 5.33. The van der Waals surface area contributed by atoms with E-state index in [1.165, 1.54) is 6.92 Å². The first kappa shape index (κ1) is 21.6. The lowest BCUT2D eigenvalue weighted by Crippen LogP contribution is -2.63. The van der Waals surface area contributed by atoms with Crippen LogP contribution >= 0.6 is 0 Å². The summed E-state index contributed by atoms with van der Waals surface area (Å²) in [6, 6.07) is 15.9. The van der Waals surface area contributed by atoms with Crippen LogP contribution in [0.15, 0.2) is 42.5 Å². The molecule has 7 nitrogen and oxygen atoms in total. The smallest absolute Gasteiger partial charge is 0.221 e. The fraction of sp³-hybridized carbons (Fsp3) is 0.435. The van der Waals surface area contributed by atoms with Crippen LogP contribution < -0.4 is 15.4 Å². The number of likely N-dealkylation sites (tertiary alicyclic amines) is 1. The molecular weight excluding hydrogens is 378 g/mol. The standard InChI is InChI=1S/C23H29N5O2/c1-17(29)28-14-8-13-23(28,15-24)27-22(2,3)16-25-21-12-7-10-19(26-21)18-9-5-6-11-20(18)30-4/h5-7,9-12,27H,8,13-14,16H2,1-4H3,(H,25,26). The molecule has 0 aliphatic carbocycles. The van der Waals surface area contributed by atoms with E-state index < -0.39 is 11.2 Å². The number of aromatic nitrogens is 1. The molecule has 7 heteroatoms. The van der Waals surface area contributed by atoms with Crippen molar-refractivity contribution in [2.45, 2.75) is 44.8 Å². The second-order valence-corrected chi connectivity index (χ2v) is 8.22. The Labute approximate surface area is 178 Å². The molecule has 1 amide bonds. The zero-order valence-electron chi connectivity index (χ0n) is 18.0. The summed E-state index contributed by atoms with van der Waals surface area (Å²) in [6.07, 6.45) is 1.43. The lowest BCUT2D eigenvalue weighted by Gasteiger charge is -2.40. The van der Waals surface area contributed by atoms with Crippen molar-refractivity contribution in [1.82, 2.24) is 15.2 Å². The largest absolute Gasteiger partial charge is 0.496 e. The number of para-hydroxylation sites is 1. The molecule has 3 rings (SSSR count). The molecule has 1 aliphatic rings. The quantitative estimate of drug-likeness (QED) is 0.731. The number of ether oxygens (including phenoxy) is 1. The third kappa shape index (κ3) is 4.55. The Balaban J connectivity index is 1.73. The summed E-state index contributed by atoms with van der Waals surface area (Å²) < 4.78 is 5.45. The number of nitriles is 1. The second-order valence-electron chi connectivity index (χ2n) is 8.22. The van der Waals surface area contributed by atoms with E-state index >= 15 is 0 Å². The Kier molecular flexibility index (Phi) is 6.28. The van der Waals surface area contributed by atoms with Gasteiger partial charge < -0.3 is 15.0 Å². The van der Waals surface area contributed by atoms with Gasteiger partial charge >= 0.3 is 0 Å². The molecule has 0 spiro atoms. The van der Waals surface area contributed by atoms with Crippen molar-refractivity contribution in [1.29, 1.82) is 5.26 Å². The number of benzene rings is 1. The molecule has 1 aromatic carbocycles. The van der Waals surface area contributed by atoms with Gasteiger partial charge in [0, 0.05) is 31.1 Å². The summed E-state index contributed by atoms with van der Waals surface area (Å²) in [5.74, 6) is 1.41. The monoisotopic (exact) mass is 407 g/mol. The van der Waals surface area contributed by atoms with Crippen LogP contribution in [0.3, 0.4) is 0 Å². The van der Waals surface area contributed by atoms with Gasteiger partial charge in [0.25, 0.3) is 0 Å². The normalized spacial score (nSPS) is 18.7. The zero-order valence-corrected chi connectivity index (χ0v) is 18.0. The van der Waals surface area contributed by atoms with Crippen molar-refractivity contribution in [2.24, 2.45) is 0 Å². The highest BCUT2D eigenvalue weighted by Gasteiger charge is 2.45. The van der Waals surface area contributed by atoms with Crippen LogP contribution in [0.5, 0.6) is 5.75 Å². The van der Waals surface area contributed by atoms with Crippen LogP contribution in [0, 0.1) is 11.3 Å². The number of nitrogens with one attached hydrogen (secondary N) is 2. The Morgan fingerprint density at radius 1 is 1.30 bits per heavy atom. The van der Waals surface area contributed by atoms with E-state index in [0.29, 0.717) is 19.5 Å². The molecule has 1 aliphatic heterocycles. The van der Waals surface area contributed by atoms with Crippen LogP contribution in [0.2, 0.25) is 0 Å². The zero-order chi connectivity index (χ0) is 21.8. The number of anilines is 1. The Hall–Kier alpha value is -3.11. The molecular formula is C23H29N5O2. The summed E-state index contributed by atoms with van der Waals surface area (Å²) >= 11 is 0. The number of nitrogens with zero attached hydrogens (tertiary/aromatic N) is 3. The van der Waals surface area contributed by atoms with Gasteiger partial charge in [0.05, 0.1) is 12.8 Å². The number of carbonyl (C=O) groups excluding carboxylic acids is 1. The topological polar surface area (TPSA) is 90.3 Å². The van der Waals surface area contributed by atoms with Crippen molar-refractivity contribution < 1.29 is 9.53 Å². The molecule has 1 saturated heterocycles. The van der Waals surface area contributed by atoms with Crippen LogP contribution in [0.25, 0.3) is 11.3 Å². The Bertz CT molecular complexity index is 953. The van der Waals surface area contributed by atoms with E-state index in [0.717, 1.165) is 29.2 Å². The molecule has 2 N–H and O–H groups in total. The van der Waals surface area contributed by atoms with Gasteiger partial charge in [-0.25, -0.2) is 4.98 Å². The fourth-order valence-electron chi connectivity index (χ4n) is 3.97. The van der Waals surface area contributed by atoms with Crippen LogP contribution in [0.1, 0.15) is 33.6 Å². The SMILES string of the molecule is COc1ccccc1-c1cccc(NCC(C)(C)NC2(C#N)CCCN2C(C)=O)n1. The maximum absolute atomic E-state index is 12.0. The van der Waals surface area contributed by atoms with E-state index in [9.17, 15) is 10.1 Å². The number of pyridine rings is 1. The predicted octanol–water partition coefficient (Wildman–Crippen LogP) is 3.40. The van der Waals surface area contributed by atoms with Crippen molar-refractivity contribution in [3.8, 4) is 23.1 Å². The number of amides is 1. The summed E-state index contributed by atoms with van der Waals surface area (Å²) in [5, 5.41) is 16.6. The molecule has 1 unspecified atom stereocenters. The fourth-order valence-corrected chi connectivity index (χ4v) is 3.97. The maximum Gasteiger partial charge on any atom is 0.221 e. The number of hydrogen-bond acceptors (Lipinski definition) is 6. The minimum atomic E-state index is -0.969. The first-order valence-electron chi connectivity index (χ1n) is 10.1. The minimum Gasteiger partial charge on any atom is -0.496 e. The van der Waals surface area contributed by atoms with Crippen LogP contribution in [-0.2, 0) is 4.79 Å². The summed E-state index contributed by atoms with van der Waals surface area (Å²) in [7, 11) is 1.65. The summed E-state index contributed by atoms with van der Waals surface area (Å²) in [4.78, 5) is 18.4. The molecule has 2 heterocycles. The minimum absolute atomic E-state index is 0.0866. The van der Waals surface area contributed by atoms with Gasteiger partial charge in [0.1, 0.15) is 17.6 Å². The molecule has 1 atom stereocenters. The van der Waals surface area contributed by atoms with Crippen molar-refractivity contribution in [2.75, 3.05) is 25.5 Å². The highest BCUT2D eigenvalue weighted by atomic mass is 16.5. The number of rotatable bonds is 7. The lowest BCUT2D eigenvalue weighted by molar-refractivity contribution is -0.132. The molecule has 158 valence electrons. The lowest BCUT2D eigenvalue weighted by atomic mass is 9.99. The number of carbonyl (C=O) groups is 1. The molecule has 0 radical (unpaired) electrons. The van der Waals surface area contributed by atoms with Crippen molar-refractivity contribution in [3.05, 3.63) is 42.5 Å². The van der Waals surface area contributed by atoms with Gasteiger partial charge in [0.2, 0.25) is 5.91 Å². The molecule has 2 aromatic rings. The van der Waals surface area contributed by atoms with Crippen molar-refractivity contribution >= 4 is 11.7 Å². The van der Waals surface area contributed by atoms with Crippen LogP contribution in [0.4, 0.5) is 5.82 Å². The van der Waals surface area contributed by atoms with Gasteiger partial charge in [-0.2, -0.15) is 5.26 Å². The molecule has 0 bridgehead atoms. The summed E-state index contributed by atoms with van der Waals surface area (Å²) in [6.45, 7) is 6.67. The van der Waals surface area contributed by atoms with Gasteiger partial charge in [-0.05, 0) is 51.0 Å². The van der Waals surface area contributed by atoms with E-state index in [-0.39, 0.29) is 5.91 Å². The molecule has 1 fully saturated rings. The van der Waals surface area contributed by atoms with Crippen molar-refractivity contribution in [3.63, 3.8) is 0 Å². The Morgan fingerprint density at radius 2 is 2.07 bits per heavy atom. The Morgan fingerprint density at radius 3 is 2.77 bits per heavy atom. The maximum atomic E-state index is 12.0. The number of hydrogen-bond donors (Lipinski definition) is 2. The van der Waals surface area contributed by atoms with Crippen LogP contribution in [-0.4, -0.2) is 47.2 Å². The highest BCUT2D eigenvalue weighted by Crippen LogP contribution is 2.30. The molecule has 1 aromatic heterocycles. The first-order valence-corrected chi connectivity index (χ1v) is 10.1. The average Bonchev–Trinajstić information content (AvgIpc) is 3.16. The van der Waals surface area contributed by atoms with Gasteiger partial charge in [-0.3, -0.25) is 10.1 Å². The first-order chi connectivity index (χ1) is 14.3. The highest BCUT2D eigenvalue weighted by molar-refractivity contribution is 5.75. The average molecular weight is 408 g/mol. The predicted molar refractivity (Wildman–Crippen MR) is 117 cm³/mol. The molecule has 0 saturated carbocycles.